The van der Waals surface area contributed by atoms with Gasteiger partial charge in [0.2, 0.25) is 5.88 Å². The van der Waals surface area contributed by atoms with Crippen molar-refractivity contribution in [2.45, 2.75) is 19.9 Å². The van der Waals surface area contributed by atoms with Crippen LogP contribution in [0.5, 0.6) is 17.4 Å². The van der Waals surface area contributed by atoms with Gasteiger partial charge in [-0.25, -0.2) is 4.98 Å². The van der Waals surface area contributed by atoms with Crippen molar-refractivity contribution in [3.63, 3.8) is 0 Å². The molecule has 2 aromatic rings. The van der Waals surface area contributed by atoms with E-state index in [2.05, 4.69) is 4.98 Å². The van der Waals surface area contributed by atoms with Gasteiger partial charge in [-0.05, 0) is 32.0 Å². The molecule has 0 aliphatic carbocycles. The Labute approximate surface area is 113 Å². The fraction of sp³-hybridized carbons (Fsp3) is 0.267. The molecule has 0 spiro atoms. The monoisotopic (exact) mass is 258 g/mol. The van der Waals surface area contributed by atoms with Crippen LogP contribution in [-0.4, -0.2) is 11.6 Å². The molecular formula is C15H18N2O2. The molecule has 2 N–H and O–H groups in total. The summed E-state index contributed by atoms with van der Waals surface area (Å²) in [5, 5.41) is 0. The molecule has 19 heavy (non-hydrogen) atoms. The molecule has 0 radical (unpaired) electrons. The molecule has 0 amide bonds. The highest BCUT2D eigenvalue weighted by molar-refractivity contribution is 5.37. The summed E-state index contributed by atoms with van der Waals surface area (Å²) in [6.07, 6.45) is 1.69. The van der Waals surface area contributed by atoms with Crippen LogP contribution in [0.25, 0.3) is 0 Å². The zero-order valence-corrected chi connectivity index (χ0v) is 11.2. The van der Waals surface area contributed by atoms with Gasteiger partial charge in [0.25, 0.3) is 0 Å². The van der Waals surface area contributed by atoms with Gasteiger partial charge < -0.3 is 15.2 Å². The summed E-state index contributed by atoms with van der Waals surface area (Å²) in [6, 6.07) is 11.1. The van der Waals surface area contributed by atoms with Gasteiger partial charge in [-0.2, -0.15) is 0 Å². The minimum absolute atomic E-state index is 0.126. The first kappa shape index (κ1) is 13.4. The number of ether oxygens (including phenoxy) is 2. The van der Waals surface area contributed by atoms with Gasteiger partial charge in [0.15, 0.2) is 0 Å². The summed E-state index contributed by atoms with van der Waals surface area (Å²) >= 11 is 0. The summed E-state index contributed by atoms with van der Waals surface area (Å²) in [6.45, 7) is 4.47. The third kappa shape index (κ3) is 3.45. The van der Waals surface area contributed by atoms with Crippen LogP contribution in [0.3, 0.4) is 0 Å². The minimum Gasteiger partial charge on any atom is -0.494 e. The fourth-order valence-corrected chi connectivity index (χ4v) is 1.74. The van der Waals surface area contributed by atoms with Crippen molar-refractivity contribution in [2.24, 2.45) is 5.73 Å². The van der Waals surface area contributed by atoms with Crippen molar-refractivity contribution in [2.75, 3.05) is 6.61 Å². The molecule has 0 saturated heterocycles. The second kappa shape index (κ2) is 6.20. The van der Waals surface area contributed by atoms with Gasteiger partial charge in [0.1, 0.15) is 11.5 Å². The van der Waals surface area contributed by atoms with Gasteiger partial charge in [0.05, 0.1) is 6.61 Å². The summed E-state index contributed by atoms with van der Waals surface area (Å²) in [5.74, 6) is 2.00. The van der Waals surface area contributed by atoms with Gasteiger partial charge in [0, 0.05) is 23.9 Å². The maximum absolute atomic E-state index is 5.90. The van der Waals surface area contributed by atoms with E-state index < -0.39 is 0 Å². The number of nitrogens with two attached hydrogens (primary N) is 1. The Morgan fingerprint density at radius 2 is 2.00 bits per heavy atom. The lowest BCUT2D eigenvalue weighted by Crippen LogP contribution is -2.07. The predicted octanol–water partition coefficient (Wildman–Crippen LogP) is 3.29. The lowest BCUT2D eigenvalue weighted by atomic mass is 10.1. The maximum Gasteiger partial charge on any atom is 0.223 e. The SMILES string of the molecule is CCOc1cccc(Oc2ncccc2[C@@H](C)N)c1. The molecule has 0 saturated carbocycles. The number of benzene rings is 1. The zero-order chi connectivity index (χ0) is 13.7. The normalized spacial score (nSPS) is 11.9. The predicted molar refractivity (Wildman–Crippen MR) is 74.5 cm³/mol. The molecule has 2 rings (SSSR count). The van der Waals surface area contributed by atoms with E-state index in [1.807, 2.05) is 50.2 Å². The van der Waals surface area contributed by atoms with Crippen LogP contribution in [-0.2, 0) is 0 Å². The minimum atomic E-state index is -0.126. The van der Waals surface area contributed by atoms with Crippen LogP contribution in [0.4, 0.5) is 0 Å². The Hall–Kier alpha value is -2.07. The third-order valence-corrected chi connectivity index (χ3v) is 2.62. The quantitative estimate of drug-likeness (QED) is 0.894. The summed E-state index contributed by atoms with van der Waals surface area (Å²) in [5.41, 5.74) is 6.78. The van der Waals surface area contributed by atoms with Crippen LogP contribution >= 0.6 is 0 Å². The van der Waals surface area contributed by atoms with Crippen molar-refractivity contribution < 1.29 is 9.47 Å². The Bertz CT molecular complexity index is 541. The van der Waals surface area contributed by atoms with Crippen LogP contribution < -0.4 is 15.2 Å². The average Bonchev–Trinajstić information content (AvgIpc) is 2.40. The molecule has 0 fully saturated rings. The first-order valence-electron chi connectivity index (χ1n) is 6.32. The number of hydrogen-bond acceptors (Lipinski definition) is 4. The summed E-state index contributed by atoms with van der Waals surface area (Å²) < 4.78 is 11.2. The Kier molecular flexibility index (Phi) is 4.36. The van der Waals surface area contributed by atoms with Crippen molar-refractivity contribution >= 4 is 0 Å². The van der Waals surface area contributed by atoms with Crippen molar-refractivity contribution in [1.82, 2.24) is 4.98 Å². The van der Waals surface area contributed by atoms with Crippen LogP contribution in [0.2, 0.25) is 0 Å². The van der Waals surface area contributed by atoms with Crippen molar-refractivity contribution in [3.8, 4) is 17.4 Å². The largest absolute Gasteiger partial charge is 0.494 e. The molecule has 4 nitrogen and oxygen atoms in total. The van der Waals surface area contributed by atoms with E-state index in [1.165, 1.54) is 0 Å². The Morgan fingerprint density at radius 3 is 2.74 bits per heavy atom. The van der Waals surface area contributed by atoms with E-state index in [0.29, 0.717) is 18.2 Å². The van der Waals surface area contributed by atoms with Gasteiger partial charge in [-0.1, -0.05) is 12.1 Å². The first-order chi connectivity index (χ1) is 9.20. The summed E-state index contributed by atoms with van der Waals surface area (Å²) in [4.78, 5) is 4.23. The van der Waals surface area contributed by atoms with Gasteiger partial charge in [-0.15, -0.1) is 0 Å². The average molecular weight is 258 g/mol. The van der Waals surface area contributed by atoms with E-state index in [4.69, 9.17) is 15.2 Å². The van der Waals surface area contributed by atoms with Crippen molar-refractivity contribution in [1.29, 1.82) is 0 Å². The van der Waals surface area contributed by atoms with E-state index in [0.717, 1.165) is 11.3 Å². The molecule has 0 aliphatic rings. The highest BCUT2D eigenvalue weighted by Crippen LogP contribution is 2.28. The first-order valence-corrected chi connectivity index (χ1v) is 6.32. The number of nitrogens with zero attached hydrogens (tertiary/aromatic N) is 1. The number of pyridine rings is 1. The van der Waals surface area contributed by atoms with E-state index in [1.54, 1.807) is 6.20 Å². The second-order valence-corrected chi connectivity index (χ2v) is 4.20. The lowest BCUT2D eigenvalue weighted by Gasteiger charge is -2.12. The molecule has 4 heteroatoms. The van der Waals surface area contributed by atoms with Crippen LogP contribution in [0, 0.1) is 0 Å². The van der Waals surface area contributed by atoms with Crippen LogP contribution in [0.15, 0.2) is 42.6 Å². The molecule has 1 aromatic carbocycles. The van der Waals surface area contributed by atoms with Gasteiger partial charge in [-0.3, -0.25) is 0 Å². The Balaban J connectivity index is 2.23. The summed E-state index contributed by atoms with van der Waals surface area (Å²) in [7, 11) is 0. The second-order valence-electron chi connectivity index (χ2n) is 4.20. The van der Waals surface area contributed by atoms with E-state index >= 15 is 0 Å². The molecule has 1 atom stereocenters. The number of rotatable bonds is 5. The highest BCUT2D eigenvalue weighted by Gasteiger charge is 2.10. The maximum atomic E-state index is 5.90. The molecule has 0 bridgehead atoms. The topological polar surface area (TPSA) is 57.4 Å². The molecule has 0 aliphatic heterocycles. The lowest BCUT2D eigenvalue weighted by molar-refractivity contribution is 0.337. The van der Waals surface area contributed by atoms with E-state index in [9.17, 15) is 0 Å². The smallest absolute Gasteiger partial charge is 0.223 e. The third-order valence-electron chi connectivity index (χ3n) is 2.62. The van der Waals surface area contributed by atoms with Gasteiger partial charge >= 0.3 is 0 Å². The standard InChI is InChI=1S/C15H18N2O2/c1-3-18-12-6-4-7-13(10-12)19-15-14(11(2)16)8-5-9-17-15/h4-11H,3,16H2,1-2H3/t11-/m1/s1. The van der Waals surface area contributed by atoms with Crippen molar-refractivity contribution in [3.05, 3.63) is 48.2 Å². The van der Waals surface area contributed by atoms with Crippen LogP contribution in [0.1, 0.15) is 25.5 Å². The molecule has 0 unspecified atom stereocenters. The molecule has 1 heterocycles. The molecule has 100 valence electrons. The van der Waals surface area contributed by atoms with E-state index in [-0.39, 0.29) is 6.04 Å². The molecule has 1 aromatic heterocycles. The number of aromatic nitrogens is 1. The zero-order valence-electron chi connectivity index (χ0n) is 11.2. The fourth-order valence-electron chi connectivity index (χ4n) is 1.74. The molecular weight excluding hydrogens is 240 g/mol. The number of hydrogen-bond donors (Lipinski definition) is 1. The Morgan fingerprint density at radius 1 is 1.21 bits per heavy atom. The highest BCUT2D eigenvalue weighted by atomic mass is 16.5.